The van der Waals surface area contributed by atoms with Crippen LogP contribution < -0.4 is 10.2 Å². The average Bonchev–Trinajstić information content (AvgIpc) is 2.85. The zero-order chi connectivity index (χ0) is 27.0. The number of halogens is 4. The van der Waals surface area contributed by atoms with Crippen LogP contribution in [0, 0.1) is 10.8 Å². The average molecular weight is 532 g/mol. The van der Waals surface area contributed by atoms with Crippen molar-refractivity contribution in [3.8, 4) is 0 Å². The molecule has 2 N–H and O–H groups in total. The molecule has 6 aliphatic rings. The van der Waals surface area contributed by atoms with E-state index in [1.54, 1.807) is 29.2 Å². The maximum Gasteiger partial charge on any atom is 0.417 e. The zero-order valence-electron chi connectivity index (χ0n) is 20.8. The van der Waals surface area contributed by atoms with Gasteiger partial charge in [-0.1, -0.05) is 6.07 Å². The number of nitrogens with zero attached hydrogens (tertiary/aromatic N) is 2. The third-order valence-corrected chi connectivity index (χ3v) is 9.60. The van der Waals surface area contributed by atoms with Crippen molar-refractivity contribution in [2.75, 3.05) is 16.8 Å². The minimum Gasteiger partial charge on any atom is -0.465 e. The molecule has 0 aliphatic heterocycles. The van der Waals surface area contributed by atoms with Gasteiger partial charge in [-0.2, -0.15) is 13.2 Å². The van der Waals surface area contributed by atoms with E-state index in [2.05, 4.69) is 10.3 Å². The number of alkyl halides is 4. The summed E-state index contributed by atoms with van der Waals surface area (Å²) in [5, 5.41) is 11.5. The lowest BCUT2D eigenvalue weighted by molar-refractivity contribution is -0.211. The lowest BCUT2D eigenvalue weighted by Gasteiger charge is -2.65. The summed E-state index contributed by atoms with van der Waals surface area (Å²) in [6.45, 7) is 0.444. The van der Waals surface area contributed by atoms with E-state index in [4.69, 9.17) is 5.11 Å². The van der Waals surface area contributed by atoms with Crippen molar-refractivity contribution in [2.45, 2.75) is 75.0 Å². The number of nitrogens with one attached hydrogen (secondary N) is 1. The Hall–Kier alpha value is -3.17. The predicted molar refractivity (Wildman–Crippen MR) is 132 cm³/mol. The predicted octanol–water partition coefficient (Wildman–Crippen LogP) is 6.71. The van der Waals surface area contributed by atoms with Gasteiger partial charge in [-0.3, -0.25) is 15.1 Å². The number of pyridine rings is 1. The zero-order valence-corrected chi connectivity index (χ0v) is 20.8. The van der Waals surface area contributed by atoms with Crippen molar-refractivity contribution in [2.24, 2.45) is 10.8 Å². The molecule has 1 heterocycles. The van der Waals surface area contributed by atoms with Gasteiger partial charge in [0.25, 0.3) is 0 Å². The number of fused-ring (bicyclic) bond motifs is 3. The molecule has 6 fully saturated rings. The summed E-state index contributed by atoms with van der Waals surface area (Å²) < 4.78 is 53.4. The molecule has 4 bridgehead atoms. The van der Waals surface area contributed by atoms with Gasteiger partial charge in [-0.05, 0) is 93.5 Å². The third-order valence-electron chi connectivity index (χ3n) is 9.60. The van der Waals surface area contributed by atoms with Crippen molar-refractivity contribution in [1.29, 1.82) is 0 Å². The Balaban J connectivity index is 1.23. The van der Waals surface area contributed by atoms with Gasteiger partial charge >= 0.3 is 12.3 Å². The molecule has 2 amide bonds. The quantitative estimate of drug-likeness (QED) is 0.406. The highest BCUT2D eigenvalue weighted by Gasteiger charge is 2.73. The van der Waals surface area contributed by atoms with Crippen molar-refractivity contribution in [1.82, 2.24) is 4.98 Å². The molecular weight excluding hydrogens is 502 g/mol. The highest BCUT2D eigenvalue weighted by Crippen LogP contribution is 2.70. The molecule has 10 heteroatoms. The minimum absolute atomic E-state index is 0.106. The summed E-state index contributed by atoms with van der Waals surface area (Å²) in [6, 6.07) is 9.34. The van der Waals surface area contributed by atoms with Crippen LogP contribution in [0.3, 0.4) is 0 Å². The molecule has 0 radical (unpaired) electrons. The summed E-state index contributed by atoms with van der Waals surface area (Å²) in [5.41, 5.74) is -1.46. The number of aromatic nitrogens is 1. The van der Waals surface area contributed by atoms with E-state index in [1.165, 1.54) is 6.07 Å². The summed E-state index contributed by atoms with van der Waals surface area (Å²) in [6.07, 6.45) is 0.699. The van der Waals surface area contributed by atoms with Gasteiger partial charge in [0.05, 0.1) is 11.0 Å². The summed E-state index contributed by atoms with van der Waals surface area (Å²) in [4.78, 5) is 31.0. The maximum absolute atomic E-state index is 14.3. The first-order valence-corrected chi connectivity index (χ1v) is 13.0. The Labute approximate surface area is 217 Å². The normalized spacial score (nSPS) is 33.2. The van der Waals surface area contributed by atoms with Crippen LogP contribution in [0.2, 0.25) is 0 Å². The molecule has 0 unspecified atom stereocenters. The van der Waals surface area contributed by atoms with Crippen LogP contribution in [-0.2, 0) is 16.4 Å². The second-order valence-corrected chi connectivity index (χ2v) is 12.0. The molecule has 2 aromatic rings. The van der Waals surface area contributed by atoms with Crippen LogP contribution in [0.5, 0.6) is 0 Å². The number of hydrogen-bond donors (Lipinski definition) is 2. The Morgan fingerprint density at radius 1 is 1.00 bits per heavy atom. The number of rotatable bonds is 6. The van der Waals surface area contributed by atoms with Gasteiger partial charge in [0.2, 0.25) is 5.91 Å². The fraction of sp³-hybridized carbons (Fsp3) is 0.536. The Morgan fingerprint density at radius 3 is 2.18 bits per heavy atom. The van der Waals surface area contributed by atoms with Crippen LogP contribution >= 0.6 is 0 Å². The van der Waals surface area contributed by atoms with E-state index in [-0.39, 0.29) is 36.0 Å². The van der Waals surface area contributed by atoms with Crippen molar-refractivity contribution in [3.63, 3.8) is 0 Å². The van der Waals surface area contributed by atoms with E-state index in [9.17, 15) is 27.2 Å². The summed E-state index contributed by atoms with van der Waals surface area (Å²) in [7, 11) is 0. The van der Waals surface area contributed by atoms with Crippen molar-refractivity contribution in [3.05, 3.63) is 53.9 Å². The van der Waals surface area contributed by atoms with Crippen LogP contribution in [0.25, 0.3) is 0 Å². The number of amides is 2. The molecule has 0 atom stereocenters. The first-order chi connectivity index (χ1) is 17.9. The molecule has 6 nitrogen and oxygen atoms in total. The smallest absolute Gasteiger partial charge is 0.417 e. The van der Waals surface area contributed by atoms with Crippen LogP contribution in [0.4, 0.5) is 33.7 Å². The summed E-state index contributed by atoms with van der Waals surface area (Å²) >= 11 is 0. The van der Waals surface area contributed by atoms with E-state index < -0.39 is 28.9 Å². The first-order valence-electron chi connectivity index (χ1n) is 13.0. The van der Waals surface area contributed by atoms with Gasteiger partial charge in [0.15, 0.2) is 0 Å². The second kappa shape index (κ2) is 8.16. The largest absolute Gasteiger partial charge is 0.465 e. The number of carboxylic acid groups (broad SMARTS) is 1. The number of hydrogen-bond acceptors (Lipinski definition) is 3. The molecule has 6 aliphatic carbocycles. The van der Waals surface area contributed by atoms with Gasteiger partial charge in [0, 0.05) is 35.2 Å². The Morgan fingerprint density at radius 2 is 1.66 bits per heavy atom. The van der Waals surface area contributed by atoms with Gasteiger partial charge in [0.1, 0.15) is 5.67 Å². The standard InChI is InChI=1S/C28H29F4N3O3/c29-27-14-26(15-27,16-27)22(36)35(20-3-1-2-19(12-20)34-23(37)38)17-24-6-9-25(10-7-24,11-8-24)21-5-4-18(13-33-21)28(30,31)32/h1-5,12-13,34H,6-11,14-17H2,(H,37,38). The lowest BCUT2D eigenvalue weighted by atomic mass is 9.41. The monoisotopic (exact) mass is 531 g/mol. The van der Waals surface area contributed by atoms with Gasteiger partial charge in [-0.25, -0.2) is 9.18 Å². The van der Waals surface area contributed by atoms with E-state index in [1.807, 2.05) is 0 Å². The fourth-order valence-corrected chi connectivity index (χ4v) is 7.43. The number of carbonyl (C=O) groups is 2. The molecular formula is C28H29F4N3O3. The first kappa shape index (κ1) is 25.1. The molecule has 8 rings (SSSR count). The molecule has 6 saturated carbocycles. The minimum atomic E-state index is -4.42. The molecule has 1 aromatic carbocycles. The van der Waals surface area contributed by atoms with E-state index in [0.29, 0.717) is 23.6 Å². The van der Waals surface area contributed by atoms with Crippen LogP contribution in [0.1, 0.15) is 69.0 Å². The molecule has 0 spiro atoms. The highest BCUT2D eigenvalue weighted by molar-refractivity contribution is 6.01. The van der Waals surface area contributed by atoms with Gasteiger partial charge < -0.3 is 10.0 Å². The molecule has 202 valence electrons. The SMILES string of the molecule is O=C(O)Nc1cccc(N(CC23CCC(c4ccc(C(F)(F)F)cn4)(CC2)CC3)C(=O)C23CC(F)(C2)C3)c1. The molecule has 0 saturated heterocycles. The molecule has 1 aromatic heterocycles. The van der Waals surface area contributed by atoms with E-state index in [0.717, 1.165) is 50.8 Å². The number of anilines is 2. The molecule has 38 heavy (non-hydrogen) atoms. The van der Waals surface area contributed by atoms with Gasteiger partial charge in [-0.15, -0.1) is 0 Å². The van der Waals surface area contributed by atoms with Crippen LogP contribution in [0.15, 0.2) is 42.6 Å². The second-order valence-electron chi connectivity index (χ2n) is 12.0. The number of benzene rings is 1. The maximum atomic E-state index is 14.3. The lowest BCUT2D eigenvalue weighted by Crippen LogP contribution is -2.71. The topological polar surface area (TPSA) is 82.5 Å². The summed E-state index contributed by atoms with van der Waals surface area (Å²) in [5.74, 6) is -0.106. The number of carbonyl (C=O) groups excluding carboxylic acids is 1. The fourth-order valence-electron chi connectivity index (χ4n) is 7.43. The highest BCUT2D eigenvalue weighted by atomic mass is 19.4. The van der Waals surface area contributed by atoms with Crippen molar-refractivity contribution < 1.29 is 32.3 Å². The third kappa shape index (κ3) is 4.03. The van der Waals surface area contributed by atoms with Crippen molar-refractivity contribution >= 4 is 23.4 Å². The Bertz CT molecular complexity index is 1250. The Kier molecular flexibility index (Phi) is 5.40. The van der Waals surface area contributed by atoms with Crippen LogP contribution in [-0.4, -0.2) is 34.3 Å². The van der Waals surface area contributed by atoms with E-state index >= 15 is 0 Å².